The van der Waals surface area contributed by atoms with Gasteiger partial charge in [-0.05, 0) is 33.6 Å². The second-order valence-corrected chi connectivity index (χ2v) is 5.46. The minimum absolute atomic E-state index is 0. The number of ether oxygens (including phenoxy) is 1. The molecule has 132 valence electrons. The first-order valence-corrected chi connectivity index (χ1v) is 8.21. The van der Waals surface area contributed by atoms with Crippen LogP contribution in [-0.4, -0.2) is 35.3 Å². The molecule has 7 nitrogen and oxygen atoms in total. The molecule has 2 N–H and O–H groups in total. The van der Waals surface area contributed by atoms with Crippen LogP contribution in [0.4, 0.5) is 0 Å². The Hall–Kier alpha value is -0.900. The summed E-state index contributed by atoms with van der Waals surface area (Å²) in [5.41, 5.74) is 0. The quantitative estimate of drug-likeness (QED) is 0.388. The minimum atomic E-state index is -0.156. The van der Waals surface area contributed by atoms with Gasteiger partial charge in [-0.1, -0.05) is 18.0 Å². The summed E-state index contributed by atoms with van der Waals surface area (Å²) in [6.07, 6.45) is 4.84. The summed E-state index contributed by atoms with van der Waals surface area (Å²) < 4.78 is 10.7. The average Bonchev–Trinajstić information content (AvgIpc) is 3.17. The number of halogens is 1. The molecule has 2 rings (SSSR count). The maximum absolute atomic E-state index is 5.45. The highest BCUT2D eigenvalue weighted by Gasteiger charge is 2.17. The Balaban J connectivity index is 0.00000264. The largest absolute Gasteiger partial charge is 0.371 e. The van der Waals surface area contributed by atoms with Crippen LogP contribution in [0.5, 0.6) is 0 Å². The molecule has 23 heavy (non-hydrogen) atoms. The topological polar surface area (TPSA) is 84.6 Å². The molecular formula is C15H28IN5O2. The predicted octanol–water partition coefficient (Wildman–Crippen LogP) is 2.78. The molecule has 1 aromatic heterocycles. The summed E-state index contributed by atoms with van der Waals surface area (Å²) in [4.78, 5) is 8.85. The lowest BCUT2D eigenvalue weighted by Gasteiger charge is -2.16. The number of aromatic nitrogens is 2. The average molecular weight is 437 g/mol. The monoisotopic (exact) mass is 437 g/mol. The fourth-order valence-corrected chi connectivity index (χ4v) is 2.55. The summed E-state index contributed by atoms with van der Waals surface area (Å²) in [5.74, 6) is 1.89. The third-order valence-corrected chi connectivity index (χ3v) is 3.68. The molecule has 0 aromatic carbocycles. The van der Waals surface area contributed by atoms with E-state index in [1.54, 1.807) is 0 Å². The van der Waals surface area contributed by atoms with Crippen molar-refractivity contribution in [1.29, 1.82) is 0 Å². The van der Waals surface area contributed by atoms with E-state index in [-0.39, 0.29) is 30.1 Å². The van der Waals surface area contributed by atoms with Gasteiger partial charge in [0.2, 0.25) is 5.89 Å². The molecule has 0 amide bonds. The maximum Gasteiger partial charge on any atom is 0.248 e. The Bertz CT molecular complexity index is 474. The summed E-state index contributed by atoms with van der Waals surface area (Å²) >= 11 is 0. The van der Waals surface area contributed by atoms with Crippen LogP contribution in [0, 0.1) is 0 Å². The standard InChI is InChI=1S/C15H27N5O2.HI/c1-4-16-15(18-12-8-6-7-9-12)17-10-13-19-14(20-22-13)11(3)21-5-2;/h11-12H,4-10H2,1-3H3,(H2,16,17,18);1H. The Morgan fingerprint density at radius 3 is 2.78 bits per heavy atom. The minimum Gasteiger partial charge on any atom is -0.371 e. The number of hydrogen-bond donors (Lipinski definition) is 2. The van der Waals surface area contributed by atoms with E-state index < -0.39 is 0 Å². The zero-order chi connectivity index (χ0) is 15.8. The fourth-order valence-electron chi connectivity index (χ4n) is 2.55. The van der Waals surface area contributed by atoms with E-state index in [0.717, 1.165) is 12.5 Å². The molecule has 1 atom stereocenters. The normalized spacial score (nSPS) is 16.9. The third-order valence-electron chi connectivity index (χ3n) is 3.68. The van der Waals surface area contributed by atoms with Crippen LogP contribution < -0.4 is 10.6 Å². The van der Waals surface area contributed by atoms with E-state index in [1.807, 2.05) is 13.8 Å². The van der Waals surface area contributed by atoms with E-state index in [1.165, 1.54) is 25.7 Å². The van der Waals surface area contributed by atoms with Crippen LogP contribution in [0.15, 0.2) is 9.52 Å². The first-order chi connectivity index (χ1) is 10.7. The van der Waals surface area contributed by atoms with Crippen LogP contribution in [-0.2, 0) is 11.3 Å². The van der Waals surface area contributed by atoms with Crippen molar-refractivity contribution in [2.45, 2.75) is 65.1 Å². The van der Waals surface area contributed by atoms with Gasteiger partial charge < -0.3 is 19.9 Å². The van der Waals surface area contributed by atoms with Crippen molar-refractivity contribution in [2.24, 2.45) is 4.99 Å². The van der Waals surface area contributed by atoms with Gasteiger partial charge in [-0.15, -0.1) is 24.0 Å². The Kier molecular flexibility index (Phi) is 9.46. The van der Waals surface area contributed by atoms with Gasteiger partial charge in [-0.25, -0.2) is 4.99 Å². The van der Waals surface area contributed by atoms with E-state index in [4.69, 9.17) is 9.26 Å². The second kappa shape index (κ2) is 10.8. The Labute approximate surface area is 155 Å². The molecule has 0 radical (unpaired) electrons. The van der Waals surface area contributed by atoms with E-state index in [0.29, 0.717) is 30.9 Å². The van der Waals surface area contributed by atoms with Gasteiger partial charge in [0.15, 0.2) is 11.8 Å². The zero-order valence-electron chi connectivity index (χ0n) is 14.2. The molecule has 0 bridgehead atoms. The Morgan fingerprint density at radius 1 is 1.39 bits per heavy atom. The van der Waals surface area contributed by atoms with Crippen molar-refractivity contribution < 1.29 is 9.26 Å². The van der Waals surface area contributed by atoms with Gasteiger partial charge in [0.25, 0.3) is 0 Å². The first-order valence-electron chi connectivity index (χ1n) is 8.21. The molecule has 8 heteroatoms. The number of hydrogen-bond acceptors (Lipinski definition) is 5. The van der Waals surface area contributed by atoms with Crippen molar-refractivity contribution in [3.05, 3.63) is 11.7 Å². The molecule has 0 spiro atoms. The highest BCUT2D eigenvalue weighted by molar-refractivity contribution is 14.0. The molecular weight excluding hydrogens is 409 g/mol. The van der Waals surface area contributed by atoms with Gasteiger partial charge in [0, 0.05) is 19.2 Å². The fraction of sp³-hybridized carbons (Fsp3) is 0.800. The highest BCUT2D eigenvalue weighted by Crippen LogP contribution is 2.17. The molecule has 0 saturated heterocycles. The molecule has 1 unspecified atom stereocenters. The number of aliphatic imine (C=N–C) groups is 1. The van der Waals surface area contributed by atoms with E-state index >= 15 is 0 Å². The summed E-state index contributed by atoms with van der Waals surface area (Å²) in [5, 5.41) is 10.7. The van der Waals surface area contributed by atoms with Gasteiger partial charge in [0.05, 0.1) is 0 Å². The molecule has 1 saturated carbocycles. The van der Waals surface area contributed by atoms with Crippen LogP contribution in [0.1, 0.15) is 64.3 Å². The summed E-state index contributed by atoms with van der Waals surface area (Å²) in [7, 11) is 0. The molecule has 1 fully saturated rings. The van der Waals surface area contributed by atoms with Crippen molar-refractivity contribution in [3.8, 4) is 0 Å². The second-order valence-electron chi connectivity index (χ2n) is 5.46. The van der Waals surface area contributed by atoms with Crippen molar-refractivity contribution in [2.75, 3.05) is 13.2 Å². The molecule has 1 aliphatic carbocycles. The Morgan fingerprint density at radius 2 is 2.13 bits per heavy atom. The van der Waals surface area contributed by atoms with Crippen LogP contribution in [0.3, 0.4) is 0 Å². The third kappa shape index (κ3) is 6.62. The summed E-state index contributed by atoms with van der Waals surface area (Å²) in [6, 6.07) is 0.522. The summed E-state index contributed by atoms with van der Waals surface area (Å²) in [6.45, 7) is 7.73. The molecule has 1 heterocycles. The van der Waals surface area contributed by atoms with Crippen molar-refractivity contribution in [1.82, 2.24) is 20.8 Å². The number of guanidine groups is 1. The highest BCUT2D eigenvalue weighted by atomic mass is 127. The van der Waals surface area contributed by atoms with Crippen molar-refractivity contribution in [3.63, 3.8) is 0 Å². The van der Waals surface area contributed by atoms with Crippen LogP contribution in [0.2, 0.25) is 0 Å². The van der Waals surface area contributed by atoms with E-state index in [2.05, 4.69) is 32.7 Å². The molecule has 1 aromatic rings. The van der Waals surface area contributed by atoms with Crippen LogP contribution in [0.25, 0.3) is 0 Å². The van der Waals surface area contributed by atoms with Gasteiger partial charge in [0.1, 0.15) is 12.6 Å². The predicted molar refractivity (Wildman–Crippen MR) is 100.0 cm³/mol. The van der Waals surface area contributed by atoms with Gasteiger partial charge in [-0.2, -0.15) is 4.98 Å². The van der Waals surface area contributed by atoms with Gasteiger partial charge in [-0.3, -0.25) is 0 Å². The van der Waals surface area contributed by atoms with Crippen LogP contribution >= 0.6 is 24.0 Å². The lowest BCUT2D eigenvalue weighted by molar-refractivity contribution is 0.0683. The number of nitrogens with one attached hydrogen (secondary N) is 2. The van der Waals surface area contributed by atoms with Gasteiger partial charge >= 0.3 is 0 Å². The molecule has 1 aliphatic rings. The first kappa shape index (κ1) is 20.1. The smallest absolute Gasteiger partial charge is 0.248 e. The van der Waals surface area contributed by atoms with Crippen molar-refractivity contribution >= 4 is 29.9 Å². The SMILES string of the molecule is CCNC(=NCc1nc(C(C)OCC)no1)NC1CCCC1.I. The molecule has 0 aliphatic heterocycles. The lowest BCUT2D eigenvalue weighted by Crippen LogP contribution is -2.42. The lowest BCUT2D eigenvalue weighted by atomic mass is 10.2. The number of nitrogens with zero attached hydrogens (tertiary/aromatic N) is 3. The zero-order valence-corrected chi connectivity index (χ0v) is 16.5. The number of rotatable bonds is 7. The maximum atomic E-state index is 5.45. The van der Waals surface area contributed by atoms with E-state index in [9.17, 15) is 0 Å².